The van der Waals surface area contributed by atoms with Crippen molar-refractivity contribution in [2.75, 3.05) is 13.7 Å². The topological polar surface area (TPSA) is 132 Å². The molecule has 1 aliphatic carbocycles. The van der Waals surface area contributed by atoms with Gasteiger partial charge in [0.05, 0.1) is 18.5 Å². The minimum absolute atomic E-state index is 0.0157. The number of carbonyl (C=O) groups excluding carboxylic acids is 2. The maximum atomic E-state index is 13.6. The SMILES string of the molecule is C=Cc1c2[nH]c(c1C)/C=C1\NC(C3=c4[nH]c(c(C)c4=C(O)[C@@H]3C(=O)OC)/C=c3\[nH]/c(c(C)c3CC)=C\2)[C@@H](CCC(=O)OC/C=C\CCC[C@H](C)CCC[C@H](C)CCCC(C)C)[C@@H]1C. The van der Waals surface area contributed by atoms with E-state index in [0.717, 1.165) is 98.1 Å². The number of ether oxygens (including phenoxy) is 2. The molecular formula is C54H76N4O5. The predicted molar refractivity (Wildman–Crippen MR) is 258 cm³/mol. The molecule has 1 fully saturated rings. The van der Waals surface area contributed by atoms with Gasteiger partial charge in [-0.2, -0.15) is 0 Å². The molecule has 1 saturated heterocycles. The largest absolute Gasteiger partial charge is 0.510 e. The minimum atomic E-state index is -0.992. The molecule has 5 heterocycles. The molecule has 0 radical (unpaired) electrons. The predicted octanol–water partition coefficient (Wildman–Crippen LogP) is 8.98. The van der Waals surface area contributed by atoms with Gasteiger partial charge >= 0.3 is 11.9 Å². The number of allylic oxidation sites excluding steroid dienone is 2. The Hall–Kier alpha value is -4.92. The van der Waals surface area contributed by atoms with Crippen LogP contribution in [0.25, 0.3) is 35.6 Å². The average Bonchev–Trinajstić information content (AvgIpc) is 3.99. The van der Waals surface area contributed by atoms with Gasteiger partial charge in [-0.25, -0.2) is 0 Å². The van der Waals surface area contributed by atoms with E-state index in [9.17, 15) is 14.7 Å². The van der Waals surface area contributed by atoms with E-state index in [1.54, 1.807) is 0 Å². The Kier molecular flexibility index (Phi) is 16.0. The van der Waals surface area contributed by atoms with E-state index in [1.165, 1.54) is 63.2 Å². The summed E-state index contributed by atoms with van der Waals surface area (Å²) < 4.78 is 11.1. The highest BCUT2D eigenvalue weighted by molar-refractivity contribution is 5.95. The Morgan fingerprint density at radius 1 is 0.841 bits per heavy atom. The number of unbranched alkanes of at least 4 members (excludes halogenated alkanes) is 1. The van der Waals surface area contributed by atoms with Crippen molar-refractivity contribution in [2.45, 2.75) is 145 Å². The summed E-state index contributed by atoms with van der Waals surface area (Å²) in [4.78, 5) is 38.0. The third-order valence-electron chi connectivity index (χ3n) is 14.5. The van der Waals surface area contributed by atoms with Crippen molar-refractivity contribution in [3.63, 3.8) is 0 Å². The molecule has 5 N–H and O–H groups in total. The lowest BCUT2D eigenvalue weighted by Crippen LogP contribution is -2.38. The lowest BCUT2D eigenvalue weighted by atomic mass is 9.80. The summed E-state index contributed by atoms with van der Waals surface area (Å²) in [6.45, 7) is 24.4. The van der Waals surface area contributed by atoms with Gasteiger partial charge in [-0.15, -0.1) is 0 Å². The molecule has 0 spiro atoms. The Labute approximate surface area is 376 Å². The highest BCUT2D eigenvalue weighted by atomic mass is 16.5. The van der Waals surface area contributed by atoms with Gasteiger partial charge in [-0.05, 0) is 116 Å². The highest BCUT2D eigenvalue weighted by Crippen LogP contribution is 2.42. The number of fused-ring (bicyclic) bond motifs is 8. The van der Waals surface area contributed by atoms with Crippen LogP contribution in [0, 0.1) is 56.3 Å². The third-order valence-corrected chi connectivity index (χ3v) is 14.5. The molecule has 6 rings (SSSR count). The lowest BCUT2D eigenvalue weighted by molar-refractivity contribution is -0.143. The number of aliphatic hydroxyl groups is 1. The van der Waals surface area contributed by atoms with Crippen LogP contribution in [-0.4, -0.2) is 51.8 Å². The van der Waals surface area contributed by atoms with E-state index in [-0.39, 0.29) is 36.6 Å². The van der Waals surface area contributed by atoms with Crippen LogP contribution < -0.4 is 26.6 Å². The Morgan fingerprint density at radius 2 is 1.51 bits per heavy atom. The van der Waals surface area contributed by atoms with Crippen LogP contribution in [-0.2, 0) is 25.5 Å². The Balaban J connectivity index is 1.20. The molecule has 0 amide bonds. The normalized spacial score (nSPS) is 22.0. The van der Waals surface area contributed by atoms with E-state index < -0.39 is 17.9 Å². The van der Waals surface area contributed by atoms with Crippen LogP contribution >= 0.6 is 0 Å². The van der Waals surface area contributed by atoms with Crippen LogP contribution in [0.1, 0.15) is 157 Å². The molecule has 0 aromatic carbocycles. The maximum absolute atomic E-state index is 13.6. The van der Waals surface area contributed by atoms with Crippen LogP contribution in [0.15, 0.2) is 24.4 Å². The van der Waals surface area contributed by atoms with Crippen LogP contribution in [0.2, 0.25) is 0 Å². The number of H-pyrrole nitrogens is 3. The van der Waals surface area contributed by atoms with Gasteiger partial charge in [0.2, 0.25) is 0 Å². The highest BCUT2D eigenvalue weighted by Gasteiger charge is 2.47. The number of carbonyl (C=O) groups is 2. The Morgan fingerprint density at radius 3 is 2.17 bits per heavy atom. The molecule has 1 unspecified atom stereocenters. The van der Waals surface area contributed by atoms with Crippen molar-refractivity contribution >= 4 is 47.6 Å². The van der Waals surface area contributed by atoms with E-state index >= 15 is 0 Å². The van der Waals surface area contributed by atoms with E-state index in [4.69, 9.17) is 9.47 Å². The number of hydrogen-bond donors (Lipinski definition) is 5. The number of aromatic amines is 3. The molecule has 342 valence electrons. The van der Waals surface area contributed by atoms with E-state index in [1.807, 2.05) is 19.1 Å². The van der Waals surface area contributed by atoms with Crippen LogP contribution in [0.4, 0.5) is 0 Å². The molecule has 3 aliphatic rings. The van der Waals surface area contributed by atoms with Crippen molar-refractivity contribution in [1.82, 2.24) is 20.3 Å². The molecule has 2 aliphatic heterocycles. The van der Waals surface area contributed by atoms with Gasteiger partial charge < -0.3 is 34.8 Å². The number of hydrogen-bond acceptors (Lipinski definition) is 6. The quantitative estimate of drug-likeness (QED) is 0.0438. The molecule has 63 heavy (non-hydrogen) atoms. The van der Waals surface area contributed by atoms with Crippen molar-refractivity contribution in [3.8, 4) is 0 Å². The van der Waals surface area contributed by atoms with Crippen molar-refractivity contribution in [3.05, 3.63) is 90.6 Å². The van der Waals surface area contributed by atoms with Crippen molar-refractivity contribution < 1.29 is 24.2 Å². The summed E-state index contributed by atoms with van der Waals surface area (Å²) in [5.41, 5.74) is 9.81. The second kappa shape index (κ2) is 21.2. The molecule has 0 saturated carbocycles. The molecular weight excluding hydrogens is 785 g/mol. The average molecular weight is 861 g/mol. The van der Waals surface area contributed by atoms with Crippen LogP contribution in [0.3, 0.4) is 0 Å². The number of nitrogens with one attached hydrogen (secondary N) is 4. The number of methoxy groups -OCH3 is 1. The number of rotatable bonds is 20. The smallest absolute Gasteiger partial charge is 0.320 e. The summed E-state index contributed by atoms with van der Waals surface area (Å²) in [5, 5.41) is 19.1. The summed E-state index contributed by atoms with van der Waals surface area (Å²) in [6.07, 6.45) is 25.4. The van der Waals surface area contributed by atoms with Gasteiger partial charge in [0, 0.05) is 56.6 Å². The second-order valence-corrected chi connectivity index (χ2v) is 19.4. The summed E-state index contributed by atoms with van der Waals surface area (Å²) in [5.74, 6) is 0.445. The zero-order valence-electron chi connectivity index (χ0n) is 40.0. The zero-order chi connectivity index (χ0) is 45.5. The van der Waals surface area contributed by atoms with Crippen molar-refractivity contribution in [1.29, 1.82) is 0 Å². The lowest BCUT2D eigenvalue weighted by Gasteiger charge is -2.26. The molecule has 6 atom stereocenters. The van der Waals surface area contributed by atoms with E-state index in [2.05, 4.69) is 107 Å². The molecule has 9 nitrogen and oxygen atoms in total. The number of esters is 2. The first-order chi connectivity index (χ1) is 30.2. The first-order valence-electron chi connectivity index (χ1n) is 24.0. The summed E-state index contributed by atoms with van der Waals surface area (Å²) in [7, 11) is 1.36. The number of aliphatic hydroxyl groups excluding tert-OH is 1. The Bertz CT molecular complexity index is 2450. The van der Waals surface area contributed by atoms with Gasteiger partial charge in [0.1, 0.15) is 18.3 Å². The first kappa shape index (κ1) is 47.6. The van der Waals surface area contributed by atoms with E-state index in [0.29, 0.717) is 11.6 Å². The fourth-order valence-corrected chi connectivity index (χ4v) is 10.5. The van der Waals surface area contributed by atoms with Gasteiger partial charge in [0.25, 0.3) is 0 Å². The first-order valence-corrected chi connectivity index (χ1v) is 24.0. The van der Waals surface area contributed by atoms with Crippen molar-refractivity contribution in [2.24, 2.45) is 35.5 Å². The zero-order valence-corrected chi connectivity index (χ0v) is 40.0. The standard InChI is InChI=1S/C54H76N4O5/c1-12-38-34(7)41-28-43-36(9)40(25-26-47(59)63-27-17-15-14-16-21-32(5)23-19-24-33(6)22-18-20-31(3)4)51(57-43)49-50(54(61)62-11)53(60)48-37(10)44(58-52(48)49)30-46-39(13-2)35(8)42(56-46)29-45(38)55-41/h12,15,17,28-33,36,40,50-51,55-58,60H,1,13-14,16,18-27H2,2-11H3/b17-15-,42-29-,43-28-,46-30-/t32-,33+,36-,40-,50+,51?/m0/s1. The number of aromatic nitrogens is 3. The van der Waals surface area contributed by atoms with Crippen LogP contribution in [0.5, 0.6) is 0 Å². The molecule has 3 aromatic heterocycles. The summed E-state index contributed by atoms with van der Waals surface area (Å²) in [6, 6.07) is -0.392. The second-order valence-electron chi connectivity index (χ2n) is 19.4. The van der Waals surface area contributed by atoms with Gasteiger partial charge in [-0.3, -0.25) is 9.59 Å². The minimum Gasteiger partial charge on any atom is -0.510 e. The maximum Gasteiger partial charge on any atom is 0.320 e. The van der Waals surface area contributed by atoms with Gasteiger partial charge in [-0.1, -0.05) is 111 Å². The fourth-order valence-electron chi connectivity index (χ4n) is 10.5. The van der Waals surface area contributed by atoms with Gasteiger partial charge in [0.15, 0.2) is 0 Å². The third kappa shape index (κ3) is 10.6. The summed E-state index contributed by atoms with van der Waals surface area (Å²) >= 11 is 0. The molecule has 9 heteroatoms. The molecule has 8 bridgehead atoms. The fraction of sp³-hybridized carbons (Fsp3) is 0.556. The monoisotopic (exact) mass is 861 g/mol. The molecule has 3 aromatic rings.